The lowest BCUT2D eigenvalue weighted by Crippen LogP contribution is -2.16. The van der Waals surface area contributed by atoms with Gasteiger partial charge in [-0.3, -0.25) is 4.79 Å². The number of fused-ring (bicyclic) bond motifs is 1. The molecule has 28 heavy (non-hydrogen) atoms. The average molecular weight is 370 g/mol. The third-order valence-electron chi connectivity index (χ3n) is 4.16. The van der Waals surface area contributed by atoms with Crippen molar-refractivity contribution in [2.75, 3.05) is 0 Å². The summed E-state index contributed by atoms with van der Waals surface area (Å²) in [6.45, 7) is 0.516. The first kappa shape index (κ1) is 17.5. The first-order valence-corrected chi connectivity index (χ1v) is 8.87. The van der Waals surface area contributed by atoms with Crippen molar-refractivity contribution in [3.05, 3.63) is 102 Å². The molecule has 0 fully saturated rings. The van der Waals surface area contributed by atoms with Crippen molar-refractivity contribution >= 4 is 23.1 Å². The molecule has 0 aliphatic rings. The molecule has 0 aliphatic carbocycles. The van der Waals surface area contributed by atoms with E-state index in [-0.39, 0.29) is 5.76 Å². The summed E-state index contributed by atoms with van der Waals surface area (Å²) in [5.74, 6) is 0.602. The Morgan fingerprint density at radius 1 is 0.964 bits per heavy atom. The van der Waals surface area contributed by atoms with Gasteiger partial charge in [0.2, 0.25) is 0 Å². The lowest BCUT2D eigenvalue weighted by Gasteiger charge is -2.06. The van der Waals surface area contributed by atoms with Crippen LogP contribution in [0.15, 0.2) is 94.4 Å². The quantitative estimate of drug-likeness (QED) is 0.393. The van der Waals surface area contributed by atoms with Gasteiger partial charge in [-0.05, 0) is 47.5 Å². The van der Waals surface area contributed by atoms with Crippen LogP contribution in [0.3, 0.4) is 0 Å². The Kier molecular flexibility index (Phi) is 5.15. The molecule has 4 aromatic rings. The second-order valence-corrected chi connectivity index (χ2v) is 6.19. The van der Waals surface area contributed by atoms with Crippen LogP contribution in [0, 0.1) is 0 Å². The maximum Gasteiger partial charge on any atom is 0.307 e. The SMILES string of the molecule is O=C(NN=Cc1ccc(OCc2ccccc2)cc1)c1cc2ccccc2o1. The Morgan fingerprint density at radius 3 is 2.50 bits per heavy atom. The predicted molar refractivity (Wildman–Crippen MR) is 108 cm³/mol. The molecular weight excluding hydrogens is 352 g/mol. The normalized spacial score (nSPS) is 11.0. The molecule has 0 aliphatic heterocycles. The lowest BCUT2D eigenvalue weighted by molar-refractivity contribution is 0.0929. The van der Waals surface area contributed by atoms with Crippen LogP contribution in [0.1, 0.15) is 21.7 Å². The minimum absolute atomic E-state index is 0.225. The van der Waals surface area contributed by atoms with Crippen molar-refractivity contribution in [3.63, 3.8) is 0 Å². The number of rotatable bonds is 6. The summed E-state index contributed by atoms with van der Waals surface area (Å²) in [5.41, 5.74) is 5.10. The Balaban J connectivity index is 1.32. The van der Waals surface area contributed by atoms with Gasteiger partial charge in [-0.25, -0.2) is 5.43 Å². The number of amides is 1. The highest BCUT2D eigenvalue weighted by Crippen LogP contribution is 2.18. The molecule has 0 radical (unpaired) electrons. The van der Waals surface area contributed by atoms with Gasteiger partial charge in [0.15, 0.2) is 5.76 Å². The Morgan fingerprint density at radius 2 is 1.71 bits per heavy atom. The maximum absolute atomic E-state index is 12.1. The summed E-state index contributed by atoms with van der Waals surface area (Å²) in [7, 11) is 0. The second kappa shape index (κ2) is 8.22. The topological polar surface area (TPSA) is 63.8 Å². The van der Waals surface area contributed by atoms with Gasteiger partial charge in [-0.1, -0.05) is 48.5 Å². The summed E-state index contributed by atoms with van der Waals surface area (Å²) in [6, 6.07) is 26.6. The standard InChI is InChI=1S/C23H18N2O3/c26-23(22-14-19-8-4-5-9-21(19)28-22)25-24-15-17-10-12-20(13-11-17)27-16-18-6-2-1-3-7-18/h1-15H,16H2,(H,25,26). The van der Waals surface area contributed by atoms with E-state index in [1.807, 2.05) is 78.9 Å². The number of nitrogens with one attached hydrogen (secondary N) is 1. The zero-order valence-corrected chi connectivity index (χ0v) is 15.0. The molecule has 1 amide bonds. The van der Waals surface area contributed by atoms with Gasteiger partial charge >= 0.3 is 5.91 Å². The lowest BCUT2D eigenvalue weighted by atomic mass is 10.2. The molecule has 3 aromatic carbocycles. The van der Waals surface area contributed by atoms with E-state index in [9.17, 15) is 4.79 Å². The molecule has 1 aromatic heterocycles. The van der Waals surface area contributed by atoms with Gasteiger partial charge in [0.05, 0.1) is 6.21 Å². The zero-order chi connectivity index (χ0) is 19.2. The van der Waals surface area contributed by atoms with E-state index in [4.69, 9.17) is 9.15 Å². The first-order chi connectivity index (χ1) is 13.8. The second-order valence-electron chi connectivity index (χ2n) is 6.19. The van der Waals surface area contributed by atoms with Crippen LogP contribution in [-0.2, 0) is 6.61 Å². The van der Waals surface area contributed by atoms with Crippen LogP contribution in [0.25, 0.3) is 11.0 Å². The van der Waals surface area contributed by atoms with E-state index in [1.54, 1.807) is 12.3 Å². The first-order valence-electron chi connectivity index (χ1n) is 8.87. The van der Waals surface area contributed by atoms with Crippen LogP contribution in [-0.4, -0.2) is 12.1 Å². The molecule has 5 nitrogen and oxygen atoms in total. The Bertz CT molecular complexity index is 1070. The molecule has 0 bridgehead atoms. The number of benzene rings is 3. The van der Waals surface area contributed by atoms with Gasteiger partial charge in [0.1, 0.15) is 17.9 Å². The van der Waals surface area contributed by atoms with E-state index in [0.29, 0.717) is 12.2 Å². The number of nitrogens with zero attached hydrogens (tertiary/aromatic N) is 1. The number of carbonyl (C=O) groups excluding carboxylic acids is 1. The summed E-state index contributed by atoms with van der Waals surface area (Å²) in [5, 5.41) is 4.86. The third kappa shape index (κ3) is 4.27. The fraction of sp³-hybridized carbons (Fsp3) is 0.0435. The molecule has 0 saturated heterocycles. The maximum atomic E-state index is 12.1. The highest BCUT2D eigenvalue weighted by molar-refractivity contribution is 5.96. The van der Waals surface area contributed by atoms with Crippen molar-refractivity contribution in [2.45, 2.75) is 6.61 Å². The zero-order valence-electron chi connectivity index (χ0n) is 15.0. The number of para-hydroxylation sites is 1. The molecule has 5 heteroatoms. The van der Waals surface area contributed by atoms with Crippen LogP contribution in [0.5, 0.6) is 5.75 Å². The molecule has 0 spiro atoms. The number of hydrogen-bond donors (Lipinski definition) is 1. The number of hydrazone groups is 1. The smallest absolute Gasteiger partial charge is 0.307 e. The fourth-order valence-electron chi connectivity index (χ4n) is 2.71. The highest BCUT2D eigenvalue weighted by Gasteiger charge is 2.10. The van der Waals surface area contributed by atoms with E-state index in [0.717, 1.165) is 22.3 Å². The predicted octanol–water partition coefficient (Wildman–Crippen LogP) is 4.78. The van der Waals surface area contributed by atoms with Crippen molar-refractivity contribution in [1.82, 2.24) is 5.43 Å². The van der Waals surface area contributed by atoms with E-state index in [2.05, 4.69) is 10.5 Å². The number of carbonyl (C=O) groups is 1. The van der Waals surface area contributed by atoms with Crippen molar-refractivity contribution in [2.24, 2.45) is 5.10 Å². The fourth-order valence-corrected chi connectivity index (χ4v) is 2.71. The van der Waals surface area contributed by atoms with Crippen molar-refractivity contribution < 1.29 is 13.9 Å². The highest BCUT2D eigenvalue weighted by atomic mass is 16.5. The minimum atomic E-state index is -0.393. The molecule has 138 valence electrons. The summed E-state index contributed by atoms with van der Waals surface area (Å²) >= 11 is 0. The summed E-state index contributed by atoms with van der Waals surface area (Å²) < 4.78 is 11.3. The van der Waals surface area contributed by atoms with Crippen LogP contribution < -0.4 is 10.2 Å². The molecular formula is C23H18N2O3. The van der Waals surface area contributed by atoms with Gasteiger partial charge < -0.3 is 9.15 Å². The van der Waals surface area contributed by atoms with Crippen LogP contribution in [0.2, 0.25) is 0 Å². The summed E-state index contributed by atoms with van der Waals surface area (Å²) in [6.07, 6.45) is 1.57. The van der Waals surface area contributed by atoms with Crippen molar-refractivity contribution in [3.8, 4) is 5.75 Å². The van der Waals surface area contributed by atoms with Gasteiger partial charge in [-0.2, -0.15) is 5.10 Å². The Labute approximate surface area is 162 Å². The molecule has 1 heterocycles. The Hall–Kier alpha value is -3.86. The van der Waals surface area contributed by atoms with Gasteiger partial charge in [0.25, 0.3) is 0 Å². The van der Waals surface area contributed by atoms with Crippen molar-refractivity contribution in [1.29, 1.82) is 0 Å². The monoisotopic (exact) mass is 370 g/mol. The number of hydrogen-bond acceptors (Lipinski definition) is 4. The largest absolute Gasteiger partial charge is 0.489 e. The van der Waals surface area contributed by atoms with E-state index >= 15 is 0 Å². The number of ether oxygens (including phenoxy) is 1. The molecule has 1 N–H and O–H groups in total. The van der Waals surface area contributed by atoms with Gasteiger partial charge in [0, 0.05) is 5.39 Å². The van der Waals surface area contributed by atoms with Crippen LogP contribution in [0.4, 0.5) is 0 Å². The van der Waals surface area contributed by atoms with E-state index < -0.39 is 5.91 Å². The minimum Gasteiger partial charge on any atom is -0.489 e. The molecule has 0 saturated carbocycles. The molecule has 4 rings (SSSR count). The van der Waals surface area contributed by atoms with Gasteiger partial charge in [-0.15, -0.1) is 0 Å². The van der Waals surface area contributed by atoms with E-state index in [1.165, 1.54) is 0 Å². The molecule has 0 atom stereocenters. The average Bonchev–Trinajstić information content (AvgIpc) is 3.18. The third-order valence-corrected chi connectivity index (χ3v) is 4.16. The summed E-state index contributed by atoms with van der Waals surface area (Å²) in [4.78, 5) is 12.1. The number of furan rings is 1. The molecule has 0 unspecified atom stereocenters. The van der Waals surface area contributed by atoms with Crippen LogP contribution >= 0.6 is 0 Å².